The molecule has 0 radical (unpaired) electrons. The van der Waals surface area contributed by atoms with Gasteiger partial charge < -0.3 is 15.9 Å². The first-order chi connectivity index (χ1) is 7.19. The Morgan fingerprint density at radius 3 is 2.67 bits per heavy atom. The molecule has 0 fully saturated rings. The van der Waals surface area contributed by atoms with Gasteiger partial charge in [0.25, 0.3) is 0 Å². The van der Waals surface area contributed by atoms with Crippen molar-refractivity contribution in [2.45, 2.75) is 18.6 Å². The number of halogens is 1. The van der Waals surface area contributed by atoms with Gasteiger partial charge in [-0.15, -0.1) is 0 Å². The third-order valence-electron chi connectivity index (χ3n) is 2.25. The van der Waals surface area contributed by atoms with Gasteiger partial charge in [-0.05, 0) is 24.1 Å². The smallest absolute Gasteiger partial charge is 0.106 e. The molecule has 0 aliphatic rings. The van der Waals surface area contributed by atoms with Gasteiger partial charge in [0.15, 0.2) is 0 Å². The molecule has 4 N–H and O–H groups in total. The molecular formula is C11H16BrNO2. The molecule has 2 unspecified atom stereocenters. The maximum atomic E-state index is 9.77. The third kappa shape index (κ3) is 3.57. The molecule has 0 heterocycles. The standard InChI is InChI=1S/C11H16BrNO2/c12-7-10(14)11(15)9-3-1-2-8(6-9)4-5-13/h1-3,6,10-11,14-15H,4-5,7,13H2. The zero-order chi connectivity index (χ0) is 11.3. The van der Waals surface area contributed by atoms with E-state index in [9.17, 15) is 10.2 Å². The quantitative estimate of drug-likeness (QED) is 0.701. The normalized spacial score (nSPS) is 14.9. The molecule has 3 nitrogen and oxygen atoms in total. The van der Waals surface area contributed by atoms with Crippen molar-refractivity contribution >= 4 is 15.9 Å². The number of benzene rings is 1. The molecule has 0 saturated carbocycles. The summed E-state index contributed by atoms with van der Waals surface area (Å²) in [5, 5.41) is 19.6. The SMILES string of the molecule is NCCc1cccc(C(O)C(O)CBr)c1. The maximum Gasteiger partial charge on any atom is 0.106 e. The Morgan fingerprint density at radius 2 is 2.07 bits per heavy atom. The second kappa shape index (κ2) is 6.23. The first-order valence-electron chi connectivity index (χ1n) is 4.90. The zero-order valence-corrected chi connectivity index (χ0v) is 10.0. The van der Waals surface area contributed by atoms with Crippen molar-refractivity contribution in [1.29, 1.82) is 0 Å². The van der Waals surface area contributed by atoms with Crippen molar-refractivity contribution in [3.8, 4) is 0 Å². The van der Waals surface area contributed by atoms with E-state index in [1.54, 1.807) is 6.07 Å². The van der Waals surface area contributed by atoms with Crippen molar-refractivity contribution < 1.29 is 10.2 Å². The fourth-order valence-corrected chi connectivity index (χ4v) is 1.76. The van der Waals surface area contributed by atoms with E-state index < -0.39 is 12.2 Å². The van der Waals surface area contributed by atoms with Gasteiger partial charge in [0.1, 0.15) is 6.10 Å². The average Bonchev–Trinajstić information content (AvgIpc) is 2.28. The van der Waals surface area contributed by atoms with E-state index in [1.165, 1.54) is 0 Å². The van der Waals surface area contributed by atoms with Gasteiger partial charge in [0.05, 0.1) is 6.10 Å². The van der Waals surface area contributed by atoms with Crippen LogP contribution >= 0.6 is 15.9 Å². The molecule has 4 heteroatoms. The van der Waals surface area contributed by atoms with Crippen LogP contribution in [0.4, 0.5) is 0 Å². The number of hydrogen-bond donors (Lipinski definition) is 3. The molecule has 0 aliphatic heterocycles. The molecule has 2 atom stereocenters. The summed E-state index contributed by atoms with van der Waals surface area (Å²) in [6.45, 7) is 0.584. The van der Waals surface area contributed by atoms with Gasteiger partial charge in [-0.25, -0.2) is 0 Å². The first-order valence-corrected chi connectivity index (χ1v) is 6.02. The highest BCUT2D eigenvalue weighted by Gasteiger charge is 2.16. The minimum Gasteiger partial charge on any atom is -0.389 e. The van der Waals surface area contributed by atoms with Crippen LogP contribution < -0.4 is 5.73 Å². The summed E-state index contributed by atoms with van der Waals surface area (Å²) in [5.74, 6) is 0. The van der Waals surface area contributed by atoms with E-state index >= 15 is 0 Å². The molecule has 1 rings (SSSR count). The van der Waals surface area contributed by atoms with Gasteiger partial charge in [0.2, 0.25) is 0 Å². The summed E-state index contributed by atoms with van der Waals surface area (Å²) < 4.78 is 0. The second-order valence-electron chi connectivity index (χ2n) is 3.45. The highest BCUT2D eigenvalue weighted by molar-refractivity contribution is 9.09. The average molecular weight is 274 g/mol. The summed E-state index contributed by atoms with van der Waals surface area (Å²) in [7, 11) is 0. The lowest BCUT2D eigenvalue weighted by Crippen LogP contribution is -2.19. The molecule has 15 heavy (non-hydrogen) atoms. The van der Waals surface area contributed by atoms with Gasteiger partial charge >= 0.3 is 0 Å². The van der Waals surface area contributed by atoms with Crippen LogP contribution in [0.1, 0.15) is 17.2 Å². The van der Waals surface area contributed by atoms with Crippen LogP contribution in [0.5, 0.6) is 0 Å². The Balaban J connectivity index is 2.80. The molecule has 1 aromatic rings. The van der Waals surface area contributed by atoms with Crippen molar-refractivity contribution in [2.75, 3.05) is 11.9 Å². The van der Waals surface area contributed by atoms with E-state index in [0.717, 1.165) is 17.5 Å². The van der Waals surface area contributed by atoms with Gasteiger partial charge in [-0.2, -0.15) is 0 Å². The minimum atomic E-state index is -0.845. The molecule has 0 aromatic heterocycles. The van der Waals surface area contributed by atoms with Crippen LogP contribution in [-0.2, 0) is 6.42 Å². The van der Waals surface area contributed by atoms with Crippen LogP contribution in [0.3, 0.4) is 0 Å². The number of alkyl halides is 1. The predicted octanol–water partition coefficient (Wildman–Crippen LogP) is 0.977. The molecule has 0 spiro atoms. The Morgan fingerprint density at radius 1 is 1.33 bits per heavy atom. The van der Waals surface area contributed by atoms with Gasteiger partial charge in [0, 0.05) is 5.33 Å². The van der Waals surface area contributed by atoms with Crippen molar-refractivity contribution in [2.24, 2.45) is 5.73 Å². The van der Waals surface area contributed by atoms with E-state index in [0.29, 0.717) is 11.9 Å². The van der Waals surface area contributed by atoms with Gasteiger partial charge in [-0.3, -0.25) is 0 Å². The Bertz CT molecular complexity index is 306. The molecular weight excluding hydrogens is 258 g/mol. The number of nitrogens with two attached hydrogens (primary N) is 1. The third-order valence-corrected chi connectivity index (χ3v) is 2.91. The molecule has 0 bridgehead atoms. The van der Waals surface area contributed by atoms with E-state index in [-0.39, 0.29) is 0 Å². The van der Waals surface area contributed by atoms with Crippen molar-refractivity contribution in [3.05, 3.63) is 35.4 Å². The van der Waals surface area contributed by atoms with Crippen LogP contribution in [0.2, 0.25) is 0 Å². The second-order valence-corrected chi connectivity index (χ2v) is 4.10. The predicted molar refractivity (Wildman–Crippen MR) is 64.0 cm³/mol. The lowest BCUT2D eigenvalue weighted by Gasteiger charge is -2.16. The molecule has 0 saturated heterocycles. The zero-order valence-electron chi connectivity index (χ0n) is 8.44. The summed E-state index contributed by atoms with van der Waals surface area (Å²) in [6.07, 6.45) is -0.842. The summed E-state index contributed by atoms with van der Waals surface area (Å²) in [6, 6.07) is 7.51. The summed E-state index contributed by atoms with van der Waals surface area (Å²) in [4.78, 5) is 0. The van der Waals surface area contributed by atoms with Crippen LogP contribution in [0.15, 0.2) is 24.3 Å². The Labute approximate surface area is 98.1 Å². The lowest BCUT2D eigenvalue weighted by atomic mass is 10.0. The van der Waals surface area contributed by atoms with Crippen molar-refractivity contribution in [1.82, 2.24) is 0 Å². The number of aliphatic hydroxyl groups is 2. The van der Waals surface area contributed by atoms with Crippen LogP contribution in [0, 0.1) is 0 Å². The maximum absolute atomic E-state index is 9.77. The van der Waals surface area contributed by atoms with E-state index in [4.69, 9.17) is 5.73 Å². The minimum absolute atomic E-state index is 0.356. The van der Waals surface area contributed by atoms with E-state index in [2.05, 4.69) is 15.9 Å². The van der Waals surface area contributed by atoms with Crippen molar-refractivity contribution in [3.63, 3.8) is 0 Å². The Kier molecular flexibility index (Phi) is 5.25. The summed E-state index contributed by atoms with van der Waals surface area (Å²) >= 11 is 3.13. The molecule has 0 amide bonds. The number of aliphatic hydroxyl groups excluding tert-OH is 2. The van der Waals surface area contributed by atoms with Gasteiger partial charge in [-0.1, -0.05) is 40.2 Å². The number of rotatable bonds is 5. The highest BCUT2D eigenvalue weighted by Crippen LogP contribution is 2.19. The van der Waals surface area contributed by atoms with E-state index in [1.807, 2.05) is 18.2 Å². The van der Waals surface area contributed by atoms with Crippen LogP contribution in [0.25, 0.3) is 0 Å². The topological polar surface area (TPSA) is 66.5 Å². The lowest BCUT2D eigenvalue weighted by molar-refractivity contribution is 0.0342. The first kappa shape index (κ1) is 12.6. The largest absolute Gasteiger partial charge is 0.389 e. The fourth-order valence-electron chi connectivity index (χ4n) is 1.41. The highest BCUT2D eigenvalue weighted by atomic mass is 79.9. The summed E-state index contributed by atoms with van der Waals surface area (Å²) in [5.41, 5.74) is 7.26. The molecule has 0 aliphatic carbocycles. The Hall–Kier alpha value is -0.420. The monoisotopic (exact) mass is 273 g/mol. The molecule has 84 valence electrons. The molecule has 1 aromatic carbocycles. The van der Waals surface area contributed by atoms with Crippen LogP contribution in [-0.4, -0.2) is 28.2 Å². The fraction of sp³-hybridized carbons (Fsp3) is 0.455. The number of hydrogen-bond acceptors (Lipinski definition) is 3.